The number of aromatic carboxylic acids is 1. The summed E-state index contributed by atoms with van der Waals surface area (Å²) in [6.07, 6.45) is 1.23. The second-order valence-corrected chi connectivity index (χ2v) is 5.89. The van der Waals surface area contributed by atoms with Crippen LogP contribution >= 0.6 is 11.3 Å². The molecule has 0 saturated carbocycles. The van der Waals surface area contributed by atoms with Crippen molar-refractivity contribution < 1.29 is 14.7 Å². The predicted octanol–water partition coefficient (Wildman–Crippen LogP) is 1.55. The van der Waals surface area contributed by atoms with Gasteiger partial charge in [-0.15, -0.1) is 16.4 Å². The van der Waals surface area contributed by atoms with Crippen molar-refractivity contribution in [2.75, 3.05) is 0 Å². The summed E-state index contributed by atoms with van der Waals surface area (Å²) >= 11 is 1.59. The Morgan fingerprint density at radius 1 is 1.48 bits per heavy atom. The largest absolute Gasteiger partial charge is 0.476 e. The SMILES string of the molecule is CC(C)C(NC(=O)Cn1cc(C(=O)O)nn1)c1cccs1. The van der Waals surface area contributed by atoms with Crippen molar-refractivity contribution in [2.45, 2.75) is 26.4 Å². The highest BCUT2D eigenvalue weighted by Gasteiger charge is 2.20. The summed E-state index contributed by atoms with van der Waals surface area (Å²) in [5.41, 5.74) is -0.179. The minimum absolute atomic E-state index is 0.0606. The first-order valence-electron chi connectivity index (χ1n) is 6.43. The first-order chi connectivity index (χ1) is 9.97. The van der Waals surface area contributed by atoms with E-state index < -0.39 is 5.97 Å². The number of hydrogen-bond donors (Lipinski definition) is 2. The molecule has 2 aromatic heterocycles. The third kappa shape index (κ3) is 3.88. The maximum atomic E-state index is 12.1. The van der Waals surface area contributed by atoms with E-state index in [1.165, 1.54) is 10.9 Å². The van der Waals surface area contributed by atoms with Crippen LogP contribution in [-0.4, -0.2) is 32.0 Å². The Morgan fingerprint density at radius 2 is 2.24 bits per heavy atom. The smallest absolute Gasteiger partial charge is 0.358 e. The van der Waals surface area contributed by atoms with Gasteiger partial charge in [-0.25, -0.2) is 9.48 Å². The number of hydrogen-bond acceptors (Lipinski definition) is 5. The maximum absolute atomic E-state index is 12.1. The quantitative estimate of drug-likeness (QED) is 0.844. The van der Waals surface area contributed by atoms with E-state index in [4.69, 9.17) is 5.11 Å². The molecule has 0 bridgehead atoms. The monoisotopic (exact) mass is 308 g/mol. The lowest BCUT2D eigenvalue weighted by Crippen LogP contribution is -2.33. The van der Waals surface area contributed by atoms with E-state index in [0.29, 0.717) is 0 Å². The predicted molar refractivity (Wildman–Crippen MR) is 77.0 cm³/mol. The van der Waals surface area contributed by atoms with Crippen molar-refractivity contribution >= 4 is 23.2 Å². The highest BCUT2D eigenvalue weighted by atomic mass is 32.1. The van der Waals surface area contributed by atoms with Crippen LogP contribution in [0.25, 0.3) is 0 Å². The van der Waals surface area contributed by atoms with Crippen molar-refractivity contribution in [3.63, 3.8) is 0 Å². The molecular formula is C13H16N4O3S. The molecule has 0 aliphatic carbocycles. The molecule has 2 rings (SSSR count). The van der Waals surface area contributed by atoms with Gasteiger partial charge >= 0.3 is 5.97 Å². The third-order valence-electron chi connectivity index (χ3n) is 2.90. The summed E-state index contributed by atoms with van der Waals surface area (Å²) in [6.45, 7) is 4.00. The fourth-order valence-electron chi connectivity index (χ4n) is 1.87. The molecule has 0 spiro atoms. The van der Waals surface area contributed by atoms with E-state index in [2.05, 4.69) is 15.6 Å². The van der Waals surface area contributed by atoms with Crippen LogP contribution in [0.5, 0.6) is 0 Å². The Hall–Kier alpha value is -2.22. The van der Waals surface area contributed by atoms with Gasteiger partial charge in [0.05, 0.1) is 12.2 Å². The van der Waals surface area contributed by atoms with Crippen LogP contribution in [0.3, 0.4) is 0 Å². The van der Waals surface area contributed by atoms with Crippen LogP contribution in [0.4, 0.5) is 0 Å². The summed E-state index contributed by atoms with van der Waals surface area (Å²) in [5, 5.41) is 20.8. The molecule has 112 valence electrons. The van der Waals surface area contributed by atoms with Crippen LogP contribution in [-0.2, 0) is 11.3 Å². The van der Waals surface area contributed by atoms with Crippen LogP contribution in [0, 0.1) is 5.92 Å². The van der Waals surface area contributed by atoms with E-state index in [-0.39, 0.29) is 30.1 Å². The van der Waals surface area contributed by atoms with Gasteiger partial charge in [-0.3, -0.25) is 4.79 Å². The Labute approximate surface area is 125 Å². The number of nitrogens with one attached hydrogen (secondary N) is 1. The molecule has 1 atom stereocenters. The fraction of sp³-hybridized carbons (Fsp3) is 0.385. The highest BCUT2D eigenvalue weighted by molar-refractivity contribution is 7.10. The van der Waals surface area contributed by atoms with Crippen LogP contribution in [0.2, 0.25) is 0 Å². The fourth-order valence-corrected chi connectivity index (χ4v) is 2.82. The van der Waals surface area contributed by atoms with Gasteiger partial charge in [0.25, 0.3) is 0 Å². The number of carbonyl (C=O) groups is 2. The topological polar surface area (TPSA) is 97.1 Å². The molecule has 2 N–H and O–H groups in total. The van der Waals surface area contributed by atoms with Gasteiger partial charge in [0, 0.05) is 4.88 Å². The van der Waals surface area contributed by atoms with Crippen molar-refractivity contribution in [3.8, 4) is 0 Å². The minimum atomic E-state index is -1.17. The second kappa shape index (κ2) is 6.49. The summed E-state index contributed by atoms with van der Waals surface area (Å²) in [5.74, 6) is -1.15. The third-order valence-corrected chi connectivity index (χ3v) is 3.85. The number of carboxylic acid groups (broad SMARTS) is 1. The lowest BCUT2D eigenvalue weighted by atomic mass is 10.0. The van der Waals surface area contributed by atoms with Crippen molar-refractivity contribution in [1.82, 2.24) is 20.3 Å². The molecule has 2 aromatic rings. The number of carbonyl (C=O) groups excluding carboxylic acids is 1. The number of aromatic nitrogens is 3. The molecule has 2 heterocycles. The van der Waals surface area contributed by atoms with Gasteiger partial charge in [-0.1, -0.05) is 25.1 Å². The zero-order chi connectivity index (χ0) is 15.4. The number of nitrogens with zero attached hydrogens (tertiary/aromatic N) is 3. The van der Waals surface area contributed by atoms with Crippen molar-refractivity contribution in [1.29, 1.82) is 0 Å². The molecule has 1 amide bonds. The minimum Gasteiger partial charge on any atom is -0.476 e. The number of thiophene rings is 1. The molecule has 0 aliphatic heterocycles. The molecule has 0 fully saturated rings. The molecule has 0 radical (unpaired) electrons. The van der Waals surface area contributed by atoms with Gasteiger partial charge in [0.2, 0.25) is 5.91 Å². The molecule has 0 saturated heterocycles. The van der Waals surface area contributed by atoms with E-state index in [1.807, 2.05) is 31.4 Å². The highest BCUT2D eigenvalue weighted by Crippen LogP contribution is 2.25. The number of carboxylic acids is 1. The average molecular weight is 308 g/mol. The van der Waals surface area contributed by atoms with Crippen molar-refractivity contribution in [3.05, 3.63) is 34.3 Å². The molecule has 0 aromatic carbocycles. The van der Waals surface area contributed by atoms with E-state index >= 15 is 0 Å². The zero-order valence-electron chi connectivity index (χ0n) is 11.7. The zero-order valence-corrected chi connectivity index (χ0v) is 12.5. The van der Waals surface area contributed by atoms with Gasteiger partial charge < -0.3 is 10.4 Å². The van der Waals surface area contributed by atoms with E-state index in [9.17, 15) is 9.59 Å². The van der Waals surface area contributed by atoms with Gasteiger partial charge in [0.15, 0.2) is 5.69 Å². The molecule has 0 aliphatic rings. The lowest BCUT2D eigenvalue weighted by Gasteiger charge is -2.21. The summed E-state index contributed by atoms with van der Waals surface area (Å²) in [4.78, 5) is 23.9. The molecule has 21 heavy (non-hydrogen) atoms. The first kappa shape index (κ1) is 15.2. The van der Waals surface area contributed by atoms with E-state index in [0.717, 1.165) is 4.88 Å². The molecule has 7 nitrogen and oxygen atoms in total. The Kier molecular flexibility index (Phi) is 4.69. The summed E-state index contributed by atoms with van der Waals surface area (Å²) in [7, 11) is 0. The normalized spacial score (nSPS) is 12.3. The molecule has 8 heteroatoms. The number of rotatable bonds is 6. The van der Waals surface area contributed by atoms with Crippen LogP contribution < -0.4 is 5.32 Å². The Bertz CT molecular complexity index is 621. The van der Waals surface area contributed by atoms with Gasteiger partial charge in [-0.05, 0) is 17.4 Å². The number of amides is 1. The summed E-state index contributed by atoms with van der Waals surface area (Å²) < 4.78 is 1.21. The first-order valence-corrected chi connectivity index (χ1v) is 7.31. The summed E-state index contributed by atoms with van der Waals surface area (Å²) in [6, 6.07) is 3.85. The molecular weight excluding hydrogens is 292 g/mol. The standard InChI is InChI=1S/C13H16N4O3S/c1-8(2)12(10-4-3-5-21-10)14-11(18)7-17-6-9(13(19)20)15-16-17/h3-6,8,12H,7H2,1-2H3,(H,14,18)(H,19,20). The second-order valence-electron chi connectivity index (χ2n) is 4.91. The molecule has 1 unspecified atom stereocenters. The Morgan fingerprint density at radius 3 is 2.76 bits per heavy atom. The van der Waals surface area contributed by atoms with Crippen LogP contribution in [0.15, 0.2) is 23.7 Å². The Balaban J connectivity index is 2.00. The van der Waals surface area contributed by atoms with Crippen LogP contribution in [0.1, 0.15) is 35.3 Å². The lowest BCUT2D eigenvalue weighted by molar-refractivity contribution is -0.122. The van der Waals surface area contributed by atoms with Gasteiger partial charge in [0.1, 0.15) is 6.54 Å². The maximum Gasteiger partial charge on any atom is 0.358 e. The van der Waals surface area contributed by atoms with E-state index in [1.54, 1.807) is 11.3 Å². The van der Waals surface area contributed by atoms with Gasteiger partial charge in [-0.2, -0.15) is 0 Å². The van der Waals surface area contributed by atoms with Crippen molar-refractivity contribution in [2.24, 2.45) is 5.92 Å². The average Bonchev–Trinajstić information content (AvgIpc) is 3.06.